The number of non-ortho nitro benzene ring substituents is 1. The van der Waals surface area contributed by atoms with Crippen molar-refractivity contribution in [2.45, 2.75) is 18.9 Å². The second kappa shape index (κ2) is 7.32. The van der Waals surface area contributed by atoms with E-state index >= 15 is 0 Å². The van der Waals surface area contributed by atoms with Gasteiger partial charge in [-0.25, -0.2) is 17.9 Å². The average molecular weight is 377 g/mol. The lowest BCUT2D eigenvalue weighted by molar-refractivity contribution is -0.384. The maximum atomic E-state index is 12.3. The van der Waals surface area contributed by atoms with E-state index in [9.17, 15) is 23.3 Å². The van der Waals surface area contributed by atoms with Crippen molar-refractivity contribution in [2.75, 3.05) is 24.7 Å². The molecule has 1 atom stereocenters. The van der Waals surface area contributed by atoms with E-state index in [4.69, 9.17) is 11.6 Å². The van der Waals surface area contributed by atoms with Crippen LogP contribution >= 0.6 is 11.6 Å². The summed E-state index contributed by atoms with van der Waals surface area (Å²) in [6, 6.07) is 2.97. The Morgan fingerprint density at radius 2 is 2.17 bits per heavy atom. The predicted molar refractivity (Wildman–Crippen MR) is 89.7 cm³/mol. The normalized spacial score (nSPS) is 18.2. The van der Waals surface area contributed by atoms with Crippen LogP contribution in [0.4, 0.5) is 16.2 Å². The smallest absolute Gasteiger partial charge is 0.321 e. The third kappa shape index (κ3) is 5.05. The molecular weight excluding hydrogens is 360 g/mol. The van der Waals surface area contributed by atoms with Gasteiger partial charge in [0.05, 0.1) is 21.9 Å². The molecule has 1 aliphatic heterocycles. The molecule has 0 bridgehead atoms. The second-order valence-corrected chi connectivity index (χ2v) is 7.71. The van der Waals surface area contributed by atoms with Crippen LogP contribution in [0.2, 0.25) is 5.02 Å². The topological polar surface area (TPSA) is 122 Å². The fraction of sp³-hybridized carbons (Fsp3) is 0.462. The Bertz CT molecular complexity index is 755. The third-order valence-corrected chi connectivity index (χ3v) is 4.57. The van der Waals surface area contributed by atoms with E-state index in [2.05, 4.69) is 10.0 Å². The third-order valence-electron chi connectivity index (χ3n) is 3.49. The zero-order valence-electron chi connectivity index (χ0n) is 12.9. The molecular formula is C13H17ClN4O5S. The van der Waals surface area contributed by atoms with Crippen molar-refractivity contribution >= 4 is 39.0 Å². The van der Waals surface area contributed by atoms with Gasteiger partial charge in [0, 0.05) is 31.3 Å². The van der Waals surface area contributed by atoms with Gasteiger partial charge >= 0.3 is 6.03 Å². The number of anilines is 1. The van der Waals surface area contributed by atoms with Crippen LogP contribution in [0.3, 0.4) is 0 Å². The Labute approximate surface area is 144 Å². The van der Waals surface area contributed by atoms with Gasteiger partial charge in [-0.15, -0.1) is 0 Å². The molecule has 2 amide bonds. The molecule has 1 saturated heterocycles. The standard InChI is InChI=1S/C13H17ClN4O5S/c1-24(22,23)16-9-3-2-6-17(8-9)13(19)15-12-5-4-10(18(20)21)7-11(12)14/h4-5,7,9,16H,2-3,6,8H2,1H3,(H,15,19). The number of nitrogens with one attached hydrogen (secondary N) is 2. The zero-order chi connectivity index (χ0) is 17.9. The number of rotatable bonds is 4. The molecule has 132 valence electrons. The minimum atomic E-state index is -3.34. The van der Waals surface area contributed by atoms with Crippen LogP contribution in [0.25, 0.3) is 0 Å². The highest BCUT2D eigenvalue weighted by Gasteiger charge is 2.26. The summed E-state index contributed by atoms with van der Waals surface area (Å²) in [4.78, 5) is 23.9. The lowest BCUT2D eigenvalue weighted by Gasteiger charge is -2.32. The van der Waals surface area contributed by atoms with Gasteiger partial charge in [0.25, 0.3) is 5.69 Å². The number of likely N-dealkylation sites (tertiary alicyclic amines) is 1. The van der Waals surface area contributed by atoms with Crippen LogP contribution in [0.15, 0.2) is 18.2 Å². The molecule has 0 aromatic heterocycles. The summed E-state index contributed by atoms with van der Waals surface area (Å²) in [5.41, 5.74) is 0.0823. The van der Waals surface area contributed by atoms with Gasteiger partial charge < -0.3 is 10.2 Å². The number of nitro benzene ring substituents is 1. The van der Waals surface area contributed by atoms with Crippen LogP contribution in [0.1, 0.15) is 12.8 Å². The Morgan fingerprint density at radius 1 is 1.46 bits per heavy atom. The molecule has 1 unspecified atom stereocenters. The Morgan fingerprint density at radius 3 is 2.75 bits per heavy atom. The molecule has 24 heavy (non-hydrogen) atoms. The number of hydrogen-bond acceptors (Lipinski definition) is 5. The molecule has 1 aromatic carbocycles. The minimum absolute atomic E-state index is 0.0559. The highest BCUT2D eigenvalue weighted by atomic mass is 35.5. The lowest BCUT2D eigenvalue weighted by Crippen LogP contribution is -2.50. The van der Waals surface area contributed by atoms with Crippen molar-refractivity contribution in [1.29, 1.82) is 0 Å². The summed E-state index contributed by atoms with van der Waals surface area (Å²) in [6.45, 7) is 0.724. The van der Waals surface area contributed by atoms with Gasteiger partial charge in [-0.05, 0) is 18.9 Å². The van der Waals surface area contributed by atoms with Crippen LogP contribution < -0.4 is 10.0 Å². The SMILES string of the molecule is CS(=O)(=O)NC1CCCN(C(=O)Nc2ccc([N+](=O)[O-])cc2Cl)C1. The Hall–Kier alpha value is -1.91. The second-order valence-electron chi connectivity index (χ2n) is 5.53. The first-order valence-corrected chi connectivity index (χ1v) is 9.40. The fourth-order valence-electron chi connectivity index (χ4n) is 2.47. The van der Waals surface area contributed by atoms with Crippen molar-refractivity contribution in [2.24, 2.45) is 0 Å². The van der Waals surface area contributed by atoms with Crippen molar-refractivity contribution < 1.29 is 18.1 Å². The maximum absolute atomic E-state index is 12.3. The number of sulfonamides is 1. The first kappa shape index (κ1) is 18.4. The summed E-state index contributed by atoms with van der Waals surface area (Å²) >= 11 is 5.94. The number of benzene rings is 1. The largest absolute Gasteiger partial charge is 0.323 e. The molecule has 0 spiro atoms. The number of hydrogen-bond donors (Lipinski definition) is 2. The summed E-state index contributed by atoms with van der Waals surface area (Å²) in [7, 11) is -3.34. The molecule has 1 fully saturated rings. The molecule has 0 radical (unpaired) electrons. The van der Waals surface area contributed by atoms with E-state index < -0.39 is 21.0 Å². The number of carbonyl (C=O) groups excluding carboxylic acids is 1. The molecule has 0 aliphatic carbocycles. The number of nitrogens with zero attached hydrogens (tertiary/aromatic N) is 2. The van der Waals surface area contributed by atoms with E-state index in [-0.39, 0.29) is 29.0 Å². The molecule has 2 N–H and O–H groups in total. The van der Waals surface area contributed by atoms with Gasteiger partial charge in [0.15, 0.2) is 0 Å². The van der Waals surface area contributed by atoms with E-state index in [0.29, 0.717) is 19.4 Å². The van der Waals surface area contributed by atoms with Crippen LogP contribution in [0, 0.1) is 10.1 Å². The number of halogens is 1. The van der Waals surface area contributed by atoms with Crippen molar-refractivity contribution in [1.82, 2.24) is 9.62 Å². The monoisotopic (exact) mass is 376 g/mol. The van der Waals surface area contributed by atoms with Gasteiger partial charge in [-0.3, -0.25) is 10.1 Å². The first-order valence-electron chi connectivity index (χ1n) is 7.13. The van der Waals surface area contributed by atoms with Crippen LogP contribution in [-0.2, 0) is 10.0 Å². The minimum Gasteiger partial charge on any atom is -0.323 e. The van der Waals surface area contributed by atoms with Crippen molar-refractivity contribution in [3.05, 3.63) is 33.3 Å². The lowest BCUT2D eigenvalue weighted by atomic mass is 10.1. The molecule has 1 aliphatic rings. The molecule has 1 aromatic rings. The molecule has 1 heterocycles. The van der Waals surface area contributed by atoms with Gasteiger partial charge in [-0.1, -0.05) is 11.6 Å². The predicted octanol–water partition coefficient (Wildman–Crippen LogP) is 1.79. The van der Waals surface area contributed by atoms with E-state index in [0.717, 1.165) is 12.3 Å². The van der Waals surface area contributed by atoms with Gasteiger partial charge in [0.1, 0.15) is 0 Å². The summed E-state index contributed by atoms with van der Waals surface area (Å²) in [5, 5.41) is 13.3. The highest BCUT2D eigenvalue weighted by molar-refractivity contribution is 7.88. The zero-order valence-corrected chi connectivity index (χ0v) is 14.4. The number of amides is 2. The summed E-state index contributed by atoms with van der Waals surface area (Å²) < 4.78 is 25.1. The van der Waals surface area contributed by atoms with Crippen molar-refractivity contribution in [3.8, 4) is 0 Å². The number of piperidine rings is 1. The molecule has 9 nitrogen and oxygen atoms in total. The quantitative estimate of drug-likeness (QED) is 0.612. The summed E-state index contributed by atoms with van der Waals surface area (Å²) in [6.07, 6.45) is 2.38. The number of urea groups is 1. The van der Waals surface area contributed by atoms with E-state index in [1.807, 2.05) is 0 Å². The maximum Gasteiger partial charge on any atom is 0.321 e. The molecule has 2 rings (SSSR count). The van der Waals surface area contributed by atoms with Crippen LogP contribution in [0.5, 0.6) is 0 Å². The molecule has 0 saturated carbocycles. The van der Waals surface area contributed by atoms with Crippen molar-refractivity contribution in [3.63, 3.8) is 0 Å². The fourth-order valence-corrected chi connectivity index (χ4v) is 3.49. The Balaban J connectivity index is 2.03. The molecule has 11 heteroatoms. The van der Waals surface area contributed by atoms with E-state index in [1.54, 1.807) is 0 Å². The number of nitro groups is 1. The highest BCUT2D eigenvalue weighted by Crippen LogP contribution is 2.27. The Kier molecular flexibility index (Phi) is 5.62. The van der Waals surface area contributed by atoms with Crippen LogP contribution in [-0.4, -0.2) is 49.7 Å². The number of carbonyl (C=O) groups is 1. The summed E-state index contributed by atoms with van der Waals surface area (Å²) in [5.74, 6) is 0. The van der Waals surface area contributed by atoms with E-state index in [1.165, 1.54) is 17.0 Å². The van der Waals surface area contributed by atoms with Gasteiger partial charge in [-0.2, -0.15) is 0 Å². The average Bonchev–Trinajstić information content (AvgIpc) is 2.47. The van der Waals surface area contributed by atoms with Gasteiger partial charge in [0.2, 0.25) is 10.0 Å². The first-order chi connectivity index (χ1) is 11.2.